The normalized spacial score (nSPS) is 14.8. The molecule has 0 saturated heterocycles. The zero-order chi connectivity index (χ0) is 20.2. The molecule has 1 amide bonds. The molecule has 0 unspecified atom stereocenters. The van der Waals surface area contributed by atoms with Gasteiger partial charge >= 0.3 is 0 Å². The van der Waals surface area contributed by atoms with Crippen molar-refractivity contribution in [2.45, 2.75) is 65.5 Å². The molecule has 28 heavy (non-hydrogen) atoms. The molecule has 7 heteroatoms. The lowest BCUT2D eigenvalue weighted by Crippen LogP contribution is -2.40. The van der Waals surface area contributed by atoms with Gasteiger partial charge in [-0.25, -0.2) is 9.98 Å². The Kier molecular flexibility index (Phi) is 9.59. The topological polar surface area (TPSA) is 78.9 Å². The van der Waals surface area contributed by atoms with E-state index in [-0.39, 0.29) is 12.0 Å². The van der Waals surface area contributed by atoms with Crippen molar-refractivity contribution in [3.05, 3.63) is 23.9 Å². The highest BCUT2D eigenvalue weighted by atomic mass is 16.5. The molecule has 156 valence electrons. The Bertz CT molecular complexity index is 625. The third kappa shape index (κ3) is 7.02. The van der Waals surface area contributed by atoms with E-state index in [1.54, 1.807) is 6.20 Å². The van der Waals surface area contributed by atoms with E-state index in [1.807, 2.05) is 37.8 Å². The van der Waals surface area contributed by atoms with Crippen LogP contribution in [0.5, 0.6) is 5.88 Å². The predicted molar refractivity (Wildman–Crippen MR) is 112 cm³/mol. The zero-order valence-electron chi connectivity index (χ0n) is 17.5. The Labute approximate surface area is 169 Å². The van der Waals surface area contributed by atoms with Crippen LogP contribution >= 0.6 is 0 Å². The Morgan fingerprint density at radius 3 is 2.68 bits per heavy atom. The number of carbonyl (C=O) groups is 1. The average Bonchev–Trinajstić information content (AvgIpc) is 3.21. The van der Waals surface area contributed by atoms with Crippen LogP contribution in [0.15, 0.2) is 23.3 Å². The first kappa shape index (κ1) is 22.0. The molecule has 0 radical (unpaired) electrons. The molecule has 1 heterocycles. The van der Waals surface area contributed by atoms with Crippen LogP contribution in [0.3, 0.4) is 0 Å². The summed E-state index contributed by atoms with van der Waals surface area (Å²) in [6, 6.07) is 3.92. The smallest absolute Gasteiger partial charge is 0.224 e. The minimum Gasteiger partial charge on any atom is -0.474 e. The number of amides is 1. The van der Waals surface area contributed by atoms with Crippen LogP contribution in [0.4, 0.5) is 0 Å². The van der Waals surface area contributed by atoms with Crippen molar-refractivity contribution in [3.8, 4) is 5.88 Å². The standard InChI is InChI=1S/C21H35N5O2/c1-4-22-21(24-15-13-19(27)26(5-2)6-3)25-16-17-10-9-14-23-20(17)28-18-11-7-8-12-18/h9-10,14,18H,4-8,11-13,15-16H2,1-3H3,(H2,22,24,25). The van der Waals surface area contributed by atoms with Gasteiger partial charge in [0.05, 0.1) is 6.54 Å². The van der Waals surface area contributed by atoms with Crippen LogP contribution in [0.25, 0.3) is 0 Å². The number of nitrogens with one attached hydrogen (secondary N) is 2. The van der Waals surface area contributed by atoms with Gasteiger partial charge in [-0.2, -0.15) is 0 Å². The number of ether oxygens (including phenoxy) is 1. The van der Waals surface area contributed by atoms with Gasteiger partial charge in [0, 0.05) is 44.4 Å². The molecule has 2 rings (SSSR count). The van der Waals surface area contributed by atoms with Gasteiger partial charge in [-0.05, 0) is 52.5 Å². The second kappa shape index (κ2) is 12.2. The minimum absolute atomic E-state index is 0.160. The number of aromatic nitrogens is 1. The molecule has 1 aromatic heterocycles. The van der Waals surface area contributed by atoms with Crippen molar-refractivity contribution >= 4 is 11.9 Å². The Morgan fingerprint density at radius 1 is 1.25 bits per heavy atom. The highest BCUT2D eigenvalue weighted by Gasteiger charge is 2.18. The van der Waals surface area contributed by atoms with Crippen LogP contribution in [0.2, 0.25) is 0 Å². The highest BCUT2D eigenvalue weighted by Crippen LogP contribution is 2.25. The van der Waals surface area contributed by atoms with Crippen molar-refractivity contribution in [1.29, 1.82) is 0 Å². The van der Waals surface area contributed by atoms with Crippen LogP contribution in [0, 0.1) is 0 Å². The Morgan fingerprint density at radius 2 is 2.00 bits per heavy atom. The molecular formula is C21H35N5O2. The summed E-state index contributed by atoms with van der Waals surface area (Å²) in [5, 5.41) is 6.48. The first-order valence-electron chi connectivity index (χ1n) is 10.6. The lowest BCUT2D eigenvalue weighted by Gasteiger charge is -2.19. The number of nitrogens with zero attached hydrogens (tertiary/aromatic N) is 3. The number of rotatable bonds is 10. The Balaban J connectivity index is 1.92. The largest absolute Gasteiger partial charge is 0.474 e. The fourth-order valence-corrected chi connectivity index (χ4v) is 3.34. The van der Waals surface area contributed by atoms with Crippen LogP contribution in [-0.4, -0.2) is 54.0 Å². The summed E-state index contributed by atoms with van der Waals surface area (Å²) in [6.45, 7) is 9.31. The van der Waals surface area contributed by atoms with Gasteiger partial charge in [-0.3, -0.25) is 4.79 Å². The van der Waals surface area contributed by atoms with Crippen molar-refractivity contribution < 1.29 is 9.53 Å². The molecule has 1 aromatic rings. The van der Waals surface area contributed by atoms with E-state index in [9.17, 15) is 4.79 Å². The summed E-state index contributed by atoms with van der Waals surface area (Å²) in [6.07, 6.45) is 7.15. The third-order valence-corrected chi connectivity index (χ3v) is 4.93. The summed E-state index contributed by atoms with van der Waals surface area (Å²) < 4.78 is 6.09. The summed E-state index contributed by atoms with van der Waals surface area (Å²) in [4.78, 5) is 23.0. The van der Waals surface area contributed by atoms with E-state index < -0.39 is 0 Å². The lowest BCUT2D eigenvalue weighted by molar-refractivity contribution is -0.130. The summed E-state index contributed by atoms with van der Waals surface area (Å²) in [7, 11) is 0. The SMILES string of the molecule is CCNC(=NCc1cccnc1OC1CCCC1)NCCC(=O)N(CC)CC. The molecule has 2 N–H and O–H groups in total. The molecule has 0 aromatic carbocycles. The average molecular weight is 390 g/mol. The number of hydrogen-bond donors (Lipinski definition) is 2. The van der Waals surface area contributed by atoms with Gasteiger partial charge in [-0.1, -0.05) is 6.07 Å². The number of carbonyl (C=O) groups excluding carboxylic acids is 1. The summed E-state index contributed by atoms with van der Waals surface area (Å²) >= 11 is 0. The zero-order valence-corrected chi connectivity index (χ0v) is 17.5. The van der Waals surface area contributed by atoms with Crippen molar-refractivity contribution in [2.75, 3.05) is 26.2 Å². The number of aliphatic imine (C=N–C) groups is 1. The number of pyridine rings is 1. The highest BCUT2D eigenvalue weighted by molar-refractivity contribution is 5.81. The second-order valence-corrected chi connectivity index (χ2v) is 6.93. The minimum atomic E-state index is 0.160. The molecule has 0 aliphatic heterocycles. The monoisotopic (exact) mass is 389 g/mol. The third-order valence-electron chi connectivity index (χ3n) is 4.93. The maximum atomic E-state index is 12.1. The second-order valence-electron chi connectivity index (χ2n) is 6.93. The maximum absolute atomic E-state index is 12.1. The van der Waals surface area contributed by atoms with Crippen molar-refractivity contribution in [1.82, 2.24) is 20.5 Å². The van der Waals surface area contributed by atoms with E-state index in [4.69, 9.17) is 4.74 Å². The molecule has 0 spiro atoms. The van der Waals surface area contributed by atoms with Crippen LogP contribution < -0.4 is 15.4 Å². The van der Waals surface area contributed by atoms with E-state index in [0.29, 0.717) is 31.3 Å². The van der Waals surface area contributed by atoms with E-state index in [1.165, 1.54) is 12.8 Å². The molecular weight excluding hydrogens is 354 g/mol. The van der Waals surface area contributed by atoms with Gasteiger partial charge in [-0.15, -0.1) is 0 Å². The van der Waals surface area contributed by atoms with Crippen molar-refractivity contribution in [3.63, 3.8) is 0 Å². The summed E-state index contributed by atoms with van der Waals surface area (Å²) in [5.74, 6) is 1.55. The van der Waals surface area contributed by atoms with Gasteiger partial charge in [0.25, 0.3) is 0 Å². The van der Waals surface area contributed by atoms with Crippen molar-refractivity contribution in [2.24, 2.45) is 4.99 Å². The van der Waals surface area contributed by atoms with Gasteiger partial charge in [0.2, 0.25) is 11.8 Å². The molecule has 7 nitrogen and oxygen atoms in total. The molecule has 1 saturated carbocycles. The van der Waals surface area contributed by atoms with Gasteiger partial charge in [0.15, 0.2) is 5.96 Å². The van der Waals surface area contributed by atoms with E-state index in [0.717, 1.165) is 38.0 Å². The van der Waals surface area contributed by atoms with Gasteiger partial charge in [0.1, 0.15) is 6.10 Å². The van der Waals surface area contributed by atoms with E-state index >= 15 is 0 Å². The van der Waals surface area contributed by atoms with E-state index in [2.05, 4.69) is 20.6 Å². The molecule has 1 aliphatic carbocycles. The maximum Gasteiger partial charge on any atom is 0.224 e. The molecule has 0 bridgehead atoms. The number of guanidine groups is 1. The fraction of sp³-hybridized carbons (Fsp3) is 0.667. The molecule has 1 fully saturated rings. The summed E-state index contributed by atoms with van der Waals surface area (Å²) in [5.41, 5.74) is 0.978. The number of hydrogen-bond acceptors (Lipinski definition) is 4. The first-order valence-corrected chi connectivity index (χ1v) is 10.6. The Hall–Kier alpha value is -2.31. The fourth-order valence-electron chi connectivity index (χ4n) is 3.34. The first-order chi connectivity index (χ1) is 13.7. The van der Waals surface area contributed by atoms with Crippen LogP contribution in [0.1, 0.15) is 58.4 Å². The molecule has 0 atom stereocenters. The predicted octanol–water partition coefficient (Wildman–Crippen LogP) is 2.72. The molecule has 1 aliphatic rings. The van der Waals surface area contributed by atoms with Gasteiger partial charge < -0.3 is 20.3 Å². The lowest BCUT2D eigenvalue weighted by atomic mass is 10.2. The quantitative estimate of drug-likeness (QED) is 0.475. The van der Waals surface area contributed by atoms with Crippen LogP contribution in [-0.2, 0) is 11.3 Å².